The molecule has 0 radical (unpaired) electrons. The zero-order valence-electron chi connectivity index (χ0n) is 10.9. The van der Waals surface area contributed by atoms with E-state index in [4.69, 9.17) is 4.74 Å². The summed E-state index contributed by atoms with van der Waals surface area (Å²) < 4.78 is 5.07. The highest BCUT2D eigenvalue weighted by molar-refractivity contribution is 8.01. The number of rotatable bonds is 6. The summed E-state index contributed by atoms with van der Waals surface area (Å²) in [7, 11) is 1.62. The molecule has 0 bridgehead atoms. The highest BCUT2D eigenvalue weighted by atomic mass is 32.2. The van der Waals surface area contributed by atoms with Gasteiger partial charge in [0.1, 0.15) is 5.75 Å². The van der Waals surface area contributed by atoms with E-state index in [2.05, 4.69) is 13.8 Å². The first-order chi connectivity index (χ1) is 8.08. The van der Waals surface area contributed by atoms with Crippen molar-refractivity contribution in [1.82, 2.24) is 0 Å². The Morgan fingerprint density at radius 2 is 1.88 bits per heavy atom. The smallest absolute Gasteiger partial charge is 0.175 e. The van der Waals surface area contributed by atoms with Crippen LogP contribution in [0.15, 0.2) is 24.3 Å². The van der Waals surface area contributed by atoms with Gasteiger partial charge in [-0.05, 0) is 37.6 Å². The van der Waals surface area contributed by atoms with Crippen LogP contribution in [0.4, 0.5) is 0 Å². The second kappa shape index (κ2) is 6.70. The molecule has 0 aliphatic rings. The quantitative estimate of drug-likeness (QED) is 0.720. The normalized spacial score (nSPS) is 14.1. The third-order valence-corrected chi connectivity index (χ3v) is 4.18. The van der Waals surface area contributed by atoms with E-state index in [1.807, 2.05) is 31.2 Å². The maximum absolute atomic E-state index is 12.1. The Morgan fingerprint density at radius 3 is 2.35 bits per heavy atom. The van der Waals surface area contributed by atoms with Gasteiger partial charge in [0.25, 0.3) is 0 Å². The number of Topliss-reactive ketones (excluding diaryl/α,β-unsaturated/α-hetero) is 1. The van der Waals surface area contributed by atoms with Crippen LogP contribution in [0.3, 0.4) is 0 Å². The summed E-state index contributed by atoms with van der Waals surface area (Å²) in [4.78, 5) is 12.1. The topological polar surface area (TPSA) is 26.3 Å². The van der Waals surface area contributed by atoms with Crippen LogP contribution in [0.25, 0.3) is 0 Å². The molecule has 0 N–H and O–H groups in total. The van der Waals surface area contributed by atoms with Gasteiger partial charge in [-0.25, -0.2) is 0 Å². The van der Waals surface area contributed by atoms with Gasteiger partial charge in [0.15, 0.2) is 5.78 Å². The number of carbonyl (C=O) groups excluding carboxylic acids is 1. The van der Waals surface area contributed by atoms with Crippen molar-refractivity contribution in [2.24, 2.45) is 0 Å². The molecule has 0 aliphatic carbocycles. The number of ketones is 1. The Kier molecular flexibility index (Phi) is 5.56. The van der Waals surface area contributed by atoms with Gasteiger partial charge in [0.05, 0.1) is 12.4 Å². The summed E-state index contributed by atoms with van der Waals surface area (Å²) in [5.41, 5.74) is 0.758. The average Bonchev–Trinajstić information content (AvgIpc) is 2.37. The lowest BCUT2D eigenvalue weighted by Gasteiger charge is -2.14. The van der Waals surface area contributed by atoms with E-state index in [0.717, 1.165) is 17.7 Å². The highest BCUT2D eigenvalue weighted by Crippen LogP contribution is 2.23. The van der Waals surface area contributed by atoms with Crippen LogP contribution in [0.1, 0.15) is 37.6 Å². The van der Waals surface area contributed by atoms with Gasteiger partial charge < -0.3 is 4.74 Å². The van der Waals surface area contributed by atoms with Crippen LogP contribution < -0.4 is 4.74 Å². The first-order valence-electron chi connectivity index (χ1n) is 5.92. The fourth-order valence-corrected chi connectivity index (χ4v) is 2.65. The van der Waals surface area contributed by atoms with Gasteiger partial charge in [-0.2, -0.15) is 0 Å². The molecule has 94 valence electrons. The molecule has 0 heterocycles. The minimum absolute atomic E-state index is 0.0124. The van der Waals surface area contributed by atoms with Crippen LogP contribution in [0, 0.1) is 0 Å². The molecule has 1 aromatic rings. The number of hydrogen-bond donors (Lipinski definition) is 0. The summed E-state index contributed by atoms with van der Waals surface area (Å²) in [6.07, 6.45) is 1.09. The number of ether oxygens (including phenoxy) is 1. The molecule has 0 saturated carbocycles. The van der Waals surface area contributed by atoms with Gasteiger partial charge >= 0.3 is 0 Å². The molecule has 0 fully saturated rings. The van der Waals surface area contributed by atoms with Crippen molar-refractivity contribution in [3.8, 4) is 5.75 Å². The lowest BCUT2D eigenvalue weighted by Crippen LogP contribution is -2.16. The van der Waals surface area contributed by atoms with E-state index in [1.165, 1.54) is 0 Å². The number of methoxy groups -OCH3 is 1. The molecule has 1 aromatic carbocycles. The van der Waals surface area contributed by atoms with Crippen LogP contribution in [-0.4, -0.2) is 23.4 Å². The fourth-order valence-electron chi connectivity index (χ4n) is 1.50. The van der Waals surface area contributed by atoms with Gasteiger partial charge in [0, 0.05) is 10.8 Å². The lowest BCUT2D eigenvalue weighted by molar-refractivity contribution is 0.0994. The third kappa shape index (κ3) is 4.08. The molecule has 0 spiro atoms. The number of benzene rings is 1. The Labute approximate surface area is 108 Å². The molecule has 0 saturated heterocycles. The monoisotopic (exact) mass is 252 g/mol. The first-order valence-corrected chi connectivity index (χ1v) is 6.86. The van der Waals surface area contributed by atoms with E-state index < -0.39 is 0 Å². The number of hydrogen-bond acceptors (Lipinski definition) is 3. The predicted octanol–water partition coefficient (Wildman–Crippen LogP) is 3.80. The fraction of sp³-hybridized carbons (Fsp3) is 0.500. The van der Waals surface area contributed by atoms with E-state index >= 15 is 0 Å². The minimum Gasteiger partial charge on any atom is -0.497 e. The summed E-state index contributed by atoms with van der Waals surface area (Å²) in [6.45, 7) is 6.27. The van der Waals surface area contributed by atoms with Crippen LogP contribution >= 0.6 is 11.8 Å². The van der Waals surface area contributed by atoms with Crippen LogP contribution in [0.5, 0.6) is 5.75 Å². The standard InChI is InChI=1S/C14H20O2S/c1-5-10(2)17-11(3)14(15)12-6-8-13(16-4)9-7-12/h6-11H,5H2,1-4H3. The van der Waals surface area contributed by atoms with Crippen molar-refractivity contribution in [1.29, 1.82) is 0 Å². The van der Waals surface area contributed by atoms with Gasteiger partial charge in [-0.1, -0.05) is 13.8 Å². The Hall–Kier alpha value is -0.960. The molecule has 2 unspecified atom stereocenters. The van der Waals surface area contributed by atoms with Gasteiger partial charge in [-0.3, -0.25) is 4.79 Å². The maximum atomic E-state index is 12.1. The van der Waals surface area contributed by atoms with Crippen molar-refractivity contribution < 1.29 is 9.53 Å². The number of carbonyl (C=O) groups is 1. The van der Waals surface area contributed by atoms with Crippen molar-refractivity contribution in [2.75, 3.05) is 7.11 Å². The first kappa shape index (κ1) is 14.1. The van der Waals surface area contributed by atoms with E-state index in [0.29, 0.717) is 5.25 Å². The zero-order valence-corrected chi connectivity index (χ0v) is 11.7. The van der Waals surface area contributed by atoms with Gasteiger partial charge in [-0.15, -0.1) is 11.8 Å². The molecule has 17 heavy (non-hydrogen) atoms. The Balaban J connectivity index is 2.67. The van der Waals surface area contributed by atoms with E-state index in [9.17, 15) is 4.79 Å². The van der Waals surface area contributed by atoms with E-state index in [-0.39, 0.29) is 11.0 Å². The molecule has 0 aromatic heterocycles. The van der Waals surface area contributed by atoms with Crippen molar-refractivity contribution in [2.45, 2.75) is 37.7 Å². The van der Waals surface area contributed by atoms with Crippen LogP contribution in [-0.2, 0) is 0 Å². The second-order valence-electron chi connectivity index (χ2n) is 4.09. The van der Waals surface area contributed by atoms with Crippen molar-refractivity contribution in [3.05, 3.63) is 29.8 Å². The highest BCUT2D eigenvalue weighted by Gasteiger charge is 2.17. The summed E-state index contributed by atoms with van der Waals surface area (Å²) in [5, 5.41) is 0.533. The lowest BCUT2D eigenvalue weighted by atomic mass is 10.1. The molecule has 0 amide bonds. The molecule has 2 atom stereocenters. The molecule has 0 aliphatic heterocycles. The van der Waals surface area contributed by atoms with Crippen LogP contribution in [0.2, 0.25) is 0 Å². The maximum Gasteiger partial charge on any atom is 0.175 e. The molecule has 2 nitrogen and oxygen atoms in total. The molecule has 1 rings (SSSR count). The molecule has 3 heteroatoms. The largest absolute Gasteiger partial charge is 0.497 e. The summed E-state index contributed by atoms with van der Waals surface area (Å²) in [6, 6.07) is 7.31. The number of thioether (sulfide) groups is 1. The average molecular weight is 252 g/mol. The second-order valence-corrected chi connectivity index (χ2v) is 5.87. The zero-order chi connectivity index (χ0) is 12.8. The Bertz CT molecular complexity index is 359. The summed E-state index contributed by atoms with van der Waals surface area (Å²) in [5.74, 6) is 0.974. The van der Waals surface area contributed by atoms with Gasteiger partial charge in [0.2, 0.25) is 0 Å². The predicted molar refractivity (Wildman–Crippen MR) is 74.1 cm³/mol. The SMILES string of the molecule is CCC(C)SC(C)C(=O)c1ccc(OC)cc1. The molecular formula is C14H20O2S. The van der Waals surface area contributed by atoms with Crippen molar-refractivity contribution >= 4 is 17.5 Å². The van der Waals surface area contributed by atoms with Crippen molar-refractivity contribution in [3.63, 3.8) is 0 Å². The minimum atomic E-state index is 0.0124. The Morgan fingerprint density at radius 1 is 1.29 bits per heavy atom. The summed E-state index contributed by atoms with van der Waals surface area (Å²) >= 11 is 1.73. The van der Waals surface area contributed by atoms with E-state index in [1.54, 1.807) is 18.9 Å². The molecular weight excluding hydrogens is 232 g/mol. The third-order valence-electron chi connectivity index (χ3n) is 2.76.